The molecule has 0 unspecified atom stereocenters. The molecule has 0 bridgehead atoms. The molecule has 0 radical (unpaired) electrons. The molecule has 0 aliphatic heterocycles. The highest BCUT2D eigenvalue weighted by Crippen LogP contribution is 2.28. The van der Waals surface area contributed by atoms with Crippen molar-refractivity contribution in [2.75, 3.05) is 27.4 Å². The highest BCUT2D eigenvalue weighted by molar-refractivity contribution is 5.68. The number of hydrogen-bond donors (Lipinski definition) is 1. The SMILES string of the molecule is C=C(CO)CCCOC(=O)N(Cc1ccc(OC)cc1OC)C(C)(C)C. The zero-order chi connectivity index (χ0) is 19.7. The molecule has 26 heavy (non-hydrogen) atoms. The summed E-state index contributed by atoms with van der Waals surface area (Å²) in [7, 11) is 3.19. The molecule has 1 rings (SSSR count). The molecule has 6 heteroatoms. The van der Waals surface area contributed by atoms with Gasteiger partial charge in [0, 0.05) is 17.2 Å². The Balaban J connectivity index is 2.82. The van der Waals surface area contributed by atoms with E-state index in [0.29, 0.717) is 30.9 Å². The number of aliphatic hydroxyl groups is 1. The van der Waals surface area contributed by atoms with Crippen molar-refractivity contribution < 1.29 is 24.1 Å². The maximum Gasteiger partial charge on any atom is 0.410 e. The second-order valence-electron chi connectivity index (χ2n) is 7.06. The van der Waals surface area contributed by atoms with Crippen LogP contribution in [0.2, 0.25) is 0 Å². The molecule has 146 valence electrons. The van der Waals surface area contributed by atoms with E-state index in [1.807, 2.05) is 32.9 Å². The van der Waals surface area contributed by atoms with Gasteiger partial charge in [0.05, 0.1) is 34.0 Å². The van der Waals surface area contributed by atoms with Gasteiger partial charge in [0.15, 0.2) is 0 Å². The van der Waals surface area contributed by atoms with Crippen LogP contribution in [0.25, 0.3) is 0 Å². The first-order chi connectivity index (χ1) is 12.2. The van der Waals surface area contributed by atoms with Crippen molar-refractivity contribution in [3.05, 3.63) is 35.9 Å². The minimum absolute atomic E-state index is 0.0423. The molecule has 1 N–H and O–H groups in total. The number of amides is 1. The van der Waals surface area contributed by atoms with Gasteiger partial charge in [-0.1, -0.05) is 12.2 Å². The van der Waals surface area contributed by atoms with Crippen LogP contribution >= 0.6 is 0 Å². The second-order valence-corrected chi connectivity index (χ2v) is 7.06. The van der Waals surface area contributed by atoms with E-state index < -0.39 is 5.54 Å². The smallest absolute Gasteiger partial charge is 0.410 e. The van der Waals surface area contributed by atoms with E-state index in [0.717, 1.165) is 11.1 Å². The average Bonchev–Trinajstić information content (AvgIpc) is 2.61. The van der Waals surface area contributed by atoms with E-state index >= 15 is 0 Å². The molecule has 0 aliphatic carbocycles. The van der Waals surface area contributed by atoms with Gasteiger partial charge >= 0.3 is 6.09 Å². The summed E-state index contributed by atoms with van der Waals surface area (Å²) in [5.74, 6) is 1.35. The lowest BCUT2D eigenvalue weighted by Gasteiger charge is -2.35. The van der Waals surface area contributed by atoms with Crippen molar-refractivity contribution >= 4 is 6.09 Å². The van der Waals surface area contributed by atoms with Gasteiger partial charge in [-0.05, 0) is 45.7 Å². The fourth-order valence-corrected chi connectivity index (χ4v) is 2.37. The molecule has 0 spiro atoms. The third kappa shape index (κ3) is 6.59. The minimum Gasteiger partial charge on any atom is -0.497 e. The molecule has 0 atom stereocenters. The molecule has 1 aromatic rings. The van der Waals surface area contributed by atoms with Gasteiger partial charge in [-0.15, -0.1) is 0 Å². The van der Waals surface area contributed by atoms with Crippen molar-refractivity contribution in [3.8, 4) is 11.5 Å². The summed E-state index contributed by atoms with van der Waals surface area (Å²) in [5, 5.41) is 8.95. The molecule has 0 saturated heterocycles. The third-order valence-corrected chi connectivity index (χ3v) is 3.98. The normalized spacial score (nSPS) is 11.0. The summed E-state index contributed by atoms with van der Waals surface area (Å²) in [6, 6.07) is 5.52. The lowest BCUT2D eigenvalue weighted by atomic mass is 10.0. The third-order valence-electron chi connectivity index (χ3n) is 3.98. The number of methoxy groups -OCH3 is 2. The van der Waals surface area contributed by atoms with E-state index in [1.165, 1.54) is 0 Å². The molecule has 0 saturated carbocycles. The van der Waals surface area contributed by atoms with E-state index in [4.69, 9.17) is 19.3 Å². The van der Waals surface area contributed by atoms with E-state index in [2.05, 4.69) is 6.58 Å². The highest BCUT2D eigenvalue weighted by atomic mass is 16.6. The van der Waals surface area contributed by atoms with Crippen LogP contribution in [-0.4, -0.2) is 49.1 Å². The Hall–Kier alpha value is -2.21. The standard InChI is InChI=1S/C20H31NO5/c1-15(14-22)8-7-11-26-19(23)21(20(2,3)4)13-16-9-10-17(24-5)12-18(16)25-6/h9-10,12,22H,1,7-8,11,13-14H2,2-6H3. The van der Waals surface area contributed by atoms with Crippen LogP contribution < -0.4 is 9.47 Å². The Morgan fingerprint density at radius 2 is 1.92 bits per heavy atom. The fourth-order valence-electron chi connectivity index (χ4n) is 2.37. The number of benzene rings is 1. The van der Waals surface area contributed by atoms with Crippen LogP contribution in [0, 0.1) is 0 Å². The van der Waals surface area contributed by atoms with Crippen molar-refractivity contribution in [3.63, 3.8) is 0 Å². The Kier molecular flexibility index (Phi) is 8.45. The Morgan fingerprint density at radius 3 is 2.46 bits per heavy atom. The Labute approximate surface area is 156 Å². The number of carbonyl (C=O) groups is 1. The average molecular weight is 365 g/mol. The van der Waals surface area contributed by atoms with Crippen LogP contribution in [0.3, 0.4) is 0 Å². The Bertz CT molecular complexity index is 607. The molecule has 6 nitrogen and oxygen atoms in total. The molecular formula is C20H31NO5. The molecule has 0 heterocycles. The van der Waals surface area contributed by atoms with Gasteiger partial charge < -0.3 is 19.3 Å². The topological polar surface area (TPSA) is 68.2 Å². The van der Waals surface area contributed by atoms with E-state index in [-0.39, 0.29) is 19.3 Å². The number of ether oxygens (including phenoxy) is 3. The molecule has 0 aromatic heterocycles. The number of rotatable bonds is 9. The Morgan fingerprint density at radius 1 is 1.23 bits per heavy atom. The number of nitrogens with zero attached hydrogens (tertiary/aromatic N) is 1. The van der Waals surface area contributed by atoms with Gasteiger partial charge in [-0.2, -0.15) is 0 Å². The van der Waals surface area contributed by atoms with Gasteiger partial charge in [-0.25, -0.2) is 4.79 Å². The van der Waals surface area contributed by atoms with Crippen molar-refractivity contribution in [2.45, 2.75) is 45.7 Å². The van der Waals surface area contributed by atoms with Gasteiger partial charge in [-0.3, -0.25) is 4.90 Å². The van der Waals surface area contributed by atoms with Crippen molar-refractivity contribution in [2.24, 2.45) is 0 Å². The lowest BCUT2D eigenvalue weighted by molar-refractivity contribution is 0.0626. The maximum absolute atomic E-state index is 12.6. The van der Waals surface area contributed by atoms with Crippen LogP contribution in [0.5, 0.6) is 11.5 Å². The van der Waals surface area contributed by atoms with Gasteiger partial charge in [0.2, 0.25) is 0 Å². The molecule has 0 fully saturated rings. The predicted octanol–water partition coefficient (Wildman–Crippen LogP) is 3.77. The number of hydrogen-bond acceptors (Lipinski definition) is 5. The monoisotopic (exact) mass is 365 g/mol. The molecular weight excluding hydrogens is 334 g/mol. The first-order valence-corrected chi connectivity index (χ1v) is 8.65. The summed E-state index contributed by atoms with van der Waals surface area (Å²) in [6.07, 6.45) is 0.880. The van der Waals surface area contributed by atoms with Gasteiger partial charge in [0.1, 0.15) is 11.5 Å². The molecule has 0 aliphatic rings. The first-order valence-electron chi connectivity index (χ1n) is 8.65. The summed E-state index contributed by atoms with van der Waals surface area (Å²) in [5.41, 5.74) is 1.18. The van der Waals surface area contributed by atoms with Crippen LogP contribution in [-0.2, 0) is 11.3 Å². The van der Waals surface area contributed by atoms with Gasteiger partial charge in [0.25, 0.3) is 0 Å². The highest BCUT2D eigenvalue weighted by Gasteiger charge is 2.28. The first kappa shape index (κ1) is 21.8. The van der Waals surface area contributed by atoms with Crippen LogP contribution in [0.1, 0.15) is 39.2 Å². The second kappa shape index (κ2) is 10.1. The van der Waals surface area contributed by atoms with Crippen LogP contribution in [0.4, 0.5) is 4.79 Å². The van der Waals surface area contributed by atoms with E-state index in [1.54, 1.807) is 25.2 Å². The number of aliphatic hydroxyl groups excluding tert-OH is 1. The summed E-state index contributed by atoms with van der Waals surface area (Å²) in [4.78, 5) is 14.3. The van der Waals surface area contributed by atoms with E-state index in [9.17, 15) is 4.79 Å². The largest absolute Gasteiger partial charge is 0.497 e. The molecule has 1 amide bonds. The summed E-state index contributed by atoms with van der Waals surface area (Å²) in [6.45, 7) is 10.2. The quantitative estimate of drug-likeness (QED) is 0.533. The molecule has 1 aromatic carbocycles. The summed E-state index contributed by atoms with van der Waals surface area (Å²) < 4.78 is 16.1. The summed E-state index contributed by atoms with van der Waals surface area (Å²) >= 11 is 0. The van der Waals surface area contributed by atoms with Crippen molar-refractivity contribution in [1.82, 2.24) is 4.90 Å². The van der Waals surface area contributed by atoms with Crippen molar-refractivity contribution in [1.29, 1.82) is 0 Å². The zero-order valence-corrected chi connectivity index (χ0v) is 16.5. The number of carbonyl (C=O) groups excluding carboxylic acids is 1. The lowest BCUT2D eigenvalue weighted by Crippen LogP contribution is -2.45. The minimum atomic E-state index is -0.420. The predicted molar refractivity (Wildman–Crippen MR) is 102 cm³/mol. The maximum atomic E-state index is 12.6. The zero-order valence-electron chi connectivity index (χ0n) is 16.5. The fraction of sp³-hybridized carbons (Fsp3) is 0.550. The van der Waals surface area contributed by atoms with Crippen LogP contribution in [0.15, 0.2) is 30.4 Å².